The van der Waals surface area contributed by atoms with E-state index in [-0.39, 0.29) is 16.6 Å². The Hall–Kier alpha value is -3.45. The van der Waals surface area contributed by atoms with Crippen LogP contribution < -0.4 is 5.32 Å². The SMILES string of the molecule is O=C(NCCCc1nc2ccccc2[nH]1)c1cccc(CS(=O)(=O)c2ccccc2)c1. The van der Waals surface area contributed by atoms with E-state index in [1.165, 1.54) is 0 Å². The number of H-pyrrole nitrogens is 1. The van der Waals surface area contributed by atoms with Gasteiger partial charge in [0.2, 0.25) is 0 Å². The molecule has 0 bridgehead atoms. The molecular weight excluding hydrogens is 410 g/mol. The van der Waals surface area contributed by atoms with E-state index in [1.807, 2.05) is 24.3 Å². The largest absolute Gasteiger partial charge is 0.352 e. The number of aromatic amines is 1. The predicted octanol–water partition coefficient (Wildman–Crippen LogP) is 3.90. The lowest BCUT2D eigenvalue weighted by atomic mass is 10.1. The summed E-state index contributed by atoms with van der Waals surface area (Å²) in [5.74, 6) is 0.525. The van der Waals surface area contributed by atoms with Crippen molar-refractivity contribution in [3.8, 4) is 0 Å². The fourth-order valence-corrected chi connectivity index (χ4v) is 4.77. The van der Waals surface area contributed by atoms with Crippen molar-refractivity contribution in [2.45, 2.75) is 23.5 Å². The monoisotopic (exact) mass is 433 g/mol. The Morgan fingerprint density at radius 3 is 2.52 bits per heavy atom. The molecule has 0 atom stereocenters. The molecule has 2 N–H and O–H groups in total. The molecule has 6 nitrogen and oxygen atoms in total. The molecule has 4 rings (SSSR count). The van der Waals surface area contributed by atoms with Gasteiger partial charge in [-0.2, -0.15) is 0 Å². The van der Waals surface area contributed by atoms with Crippen molar-refractivity contribution in [2.75, 3.05) is 6.54 Å². The summed E-state index contributed by atoms with van der Waals surface area (Å²) in [4.78, 5) is 20.6. The highest BCUT2D eigenvalue weighted by molar-refractivity contribution is 7.90. The molecule has 31 heavy (non-hydrogen) atoms. The molecule has 1 amide bonds. The van der Waals surface area contributed by atoms with E-state index < -0.39 is 9.84 Å². The van der Waals surface area contributed by atoms with Gasteiger partial charge in [-0.1, -0.05) is 42.5 Å². The molecule has 0 aliphatic heterocycles. The maximum atomic E-state index is 12.6. The summed E-state index contributed by atoms with van der Waals surface area (Å²) in [7, 11) is -3.46. The standard InChI is InChI=1S/C24H23N3O3S/c28-24(25-15-7-14-23-26-21-12-4-5-13-22(21)27-23)19-9-6-8-18(16-19)17-31(29,30)20-10-2-1-3-11-20/h1-6,8-13,16H,7,14-15,17H2,(H,25,28)(H,26,27). The average Bonchev–Trinajstić information content (AvgIpc) is 3.20. The first-order valence-electron chi connectivity index (χ1n) is 10.1. The van der Waals surface area contributed by atoms with E-state index in [4.69, 9.17) is 0 Å². The Kier molecular flexibility index (Phi) is 6.13. The van der Waals surface area contributed by atoms with Crippen LogP contribution in [0.25, 0.3) is 11.0 Å². The summed E-state index contributed by atoms with van der Waals surface area (Å²) in [6.45, 7) is 0.502. The number of carbonyl (C=O) groups is 1. The van der Waals surface area contributed by atoms with Crippen LogP contribution in [0.5, 0.6) is 0 Å². The number of rotatable bonds is 8. The van der Waals surface area contributed by atoms with Gasteiger partial charge >= 0.3 is 0 Å². The molecule has 158 valence electrons. The second-order valence-electron chi connectivity index (χ2n) is 7.33. The summed E-state index contributed by atoms with van der Waals surface area (Å²) >= 11 is 0. The Bertz CT molecular complexity index is 1260. The molecule has 1 aromatic heterocycles. The van der Waals surface area contributed by atoms with Gasteiger partial charge in [-0.15, -0.1) is 0 Å². The van der Waals surface area contributed by atoms with E-state index in [1.54, 1.807) is 54.6 Å². The topological polar surface area (TPSA) is 91.9 Å². The Balaban J connectivity index is 1.32. The number of para-hydroxylation sites is 2. The number of hydrogen-bond acceptors (Lipinski definition) is 4. The normalized spacial score (nSPS) is 11.5. The molecule has 0 radical (unpaired) electrons. The van der Waals surface area contributed by atoms with Gasteiger partial charge in [0.15, 0.2) is 9.84 Å². The van der Waals surface area contributed by atoms with Crippen LogP contribution in [0, 0.1) is 0 Å². The van der Waals surface area contributed by atoms with Crippen LogP contribution in [0.1, 0.15) is 28.2 Å². The summed E-state index contributed by atoms with van der Waals surface area (Å²) < 4.78 is 25.2. The zero-order valence-electron chi connectivity index (χ0n) is 16.9. The zero-order valence-corrected chi connectivity index (χ0v) is 17.7. The molecule has 0 fully saturated rings. The molecule has 7 heteroatoms. The molecule has 0 spiro atoms. The van der Waals surface area contributed by atoms with E-state index in [2.05, 4.69) is 15.3 Å². The number of benzene rings is 3. The molecule has 1 heterocycles. The second kappa shape index (κ2) is 9.14. The zero-order chi connectivity index (χ0) is 21.7. The summed E-state index contributed by atoms with van der Waals surface area (Å²) in [5, 5.41) is 2.89. The van der Waals surface area contributed by atoms with Crippen LogP contribution in [0.3, 0.4) is 0 Å². The van der Waals surface area contributed by atoms with E-state index in [9.17, 15) is 13.2 Å². The van der Waals surface area contributed by atoms with Crippen LogP contribution in [0.4, 0.5) is 0 Å². The predicted molar refractivity (Wildman–Crippen MR) is 121 cm³/mol. The first kappa shape index (κ1) is 20.8. The number of aryl methyl sites for hydroxylation is 1. The number of imidazole rings is 1. The van der Waals surface area contributed by atoms with Crippen molar-refractivity contribution in [2.24, 2.45) is 0 Å². The Labute approximate surface area is 181 Å². The van der Waals surface area contributed by atoms with Gasteiger partial charge in [-0.3, -0.25) is 4.79 Å². The van der Waals surface area contributed by atoms with Crippen molar-refractivity contribution < 1.29 is 13.2 Å². The quantitative estimate of drug-likeness (QED) is 0.412. The average molecular weight is 434 g/mol. The summed E-state index contributed by atoms with van der Waals surface area (Å²) in [6.07, 6.45) is 1.47. The van der Waals surface area contributed by atoms with Gasteiger partial charge in [0.1, 0.15) is 5.82 Å². The van der Waals surface area contributed by atoms with Crippen LogP contribution in [-0.2, 0) is 22.0 Å². The fourth-order valence-electron chi connectivity index (χ4n) is 3.42. The van der Waals surface area contributed by atoms with Gasteiger partial charge in [0, 0.05) is 18.5 Å². The van der Waals surface area contributed by atoms with Crippen LogP contribution >= 0.6 is 0 Å². The maximum Gasteiger partial charge on any atom is 0.251 e. The Morgan fingerprint density at radius 2 is 1.71 bits per heavy atom. The van der Waals surface area contributed by atoms with E-state index in [0.29, 0.717) is 17.7 Å². The van der Waals surface area contributed by atoms with Crippen LogP contribution in [0.15, 0.2) is 83.8 Å². The number of aromatic nitrogens is 2. The lowest BCUT2D eigenvalue weighted by molar-refractivity contribution is 0.0953. The third kappa shape index (κ3) is 5.19. The fraction of sp³-hybridized carbons (Fsp3) is 0.167. The van der Waals surface area contributed by atoms with Gasteiger partial charge < -0.3 is 10.3 Å². The first-order valence-corrected chi connectivity index (χ1v) is 11.7. The number of amides is 1. The van der Waals surface area contributed by atoms with Gasteiger partial charge in [0.05, 0.1) is 21.7 Å². The van der Waals surface area contributed by atoms with Crippen molar-refractivity contribution in [3.63, 3.8) is 0 Å². The molecule has 0 saturated carbocycles. The maximum absolute atomic E-state index is 12.6. The molecule has 0 aliphatic rings. The van der Waals surface area contributed by atoms with Crippen molar-refractivity contribution in [3.05, 3.63) is 95.8 Å². The van der Waals surface area contributed by atoms with Crippen LogP contribution in [-0.4, -0.2) is 30.8 Å². The van der Waals surface area contributed by atoms with Crippen LogP contribution in [0.2, 0.25) is 0 Å². The van der Waals surface area contributed by atoms with Crippen molar-refractivity contribution in [1.29, 1.82) is 0 Å². The third-order valence-electron chi connectivity index (χ3n) is 4.96. The minimum atomic E-state index is -3.46. The summed E-state index contributed by atoms with van der Waals surface area (Å²) in [6, 6.07) is 22.9. The van der Waals surface area contributed by atoms with Crippen molar-refractivity contribution >= 4 is 26.8 Å². The number of hydrogen-bond donors (Lipinski definition) is 2. The highest BCUT2D eigenvalue weighted by atomic mass is 32.2. The van der Waals surface area contributed by atoms with Gasteiger partial charge in [0.25, 0.3) is 5.91 Å². The lowest BCUT2D eigenvalue weighted by Crippen LogP contribution is -2.25. The molecule has 4 aromatic rings. The van der Waals surface area contributed by atoms with E-state index in [0.717, 1.165) is 29.7 Å². The van der Waals surface area contributed by atoms with Crippen molar-refractivity contribution in [1.82, 2.24) is 15.3 Å². The smallest absolute Gasteiger partial charge is 0.251 e. The number of nitrogens with zero attached hydrogens (tertiary/aromatic N) is 1. The minimum Gasteiger partial charge on any atom is -0.352 e. The molecular formula is C24H23N3O3S. The molecule has 0 unspecified atom stereocenters. The number of carbonyl (C=O) groups excluding carboxylic acids is 1. The van der Waals surface area contributed by atoms with Gasteiger partial charge in [-0.25, -0.2) is 13.4 Å². The highest BCUT2D eigenvalue weighted by Gasteiger charge is 2.16. The van der Waals surface area contributed by atoms with Gasteiger partial charge in [-0.05, 0) is 48.4 Å². The lowest BCUT2D eigenvalue weighted by Gasteiger charge is -2.08. The first-order chi connectivity index (χ1) is 15.0. The number of fused-ring (bicyclic) bond motifs is 1. The summed E-state index contributed by atoms with van der Waals surface area (Å²) in [5.41, 5.74) is 2.97. The highest BCUT2D eigenvalue weighted by Crippen LogP contribution is 2.17. The molecule has 0 saturated heterocycles. The second-order valence-corrected chi connectivity index (χ2v) is 9.32. The Morgan fingerprint density at radius 1 is 0.935 bits per heavy atom. The number of nitrogens with one attached hydrogen (secondary N) is 2. The van der Waals surface area contributed by atoms with E-state index >= 15 is 0 Å². The minimum absolute atomic E-state index is 0.149. The molecule has 3 aromatic carbocycles. The molecule has 0 aliphatic carbocycles. The number of sulfone groups is 1. The third-order valence-corrected chi connectivity index (χ3v) is 6.67.